The van der Waals surface area contributed by atoms with Gasteiger partial charge in [0.2, 0.25) is 0 Å². The number of nitrogens with two attached hydrogens (primary N) is 1. The van der Waals surface area contributed by atoms with Crippen molar-refractivity contribution in [3.63, 3.8) is 0 Å². The lowest BCUT2D eigenvalue weighted by atomic mass is 10.1. The van der Waals surface area contributed by atoms with Crippen LogP contribution in [0, 0.1) is 0 Å². The Morgan fingerprint density at radius 3 is 2.65 bits per heavy atom. The van der Waals surface area contributed by atoms with Crippen LogP contribution in [-0.2, 0) is 6.42 Å². The second kappa shape index (κ2) is 5.98. The van der Waals surface area contributed by atoms with Gasteiger partial charge in [-0.25, -0.2) is 15.0 Å². The third-order valence-corrected chi connectivity index (χ3v) is 3.85. The van der Waals surface area contributed by atoms with Crippen molar-refractivity contribution in [1.82, 2.24) is 15.0 Å². The molecule has 0 amide bonds. The van der Waals surface area contributed by atoms with Gasteiger partial charge in [0.1, 0.15) is 5.03 Å². The van der Waals surface area contributed by atoms with Crippen LogP contribution in [0.3, 0.4) is 0 Å². The quantitative estimate of drug-likeness (QED) is 0.745. The summed E-state index contributed by atoms with van der Waals surface area (Å²) in [5, 5.41) is 2.77. The fourth-order valence-electron chi connectivity index (χ4n) is 1.99. The summed E-state index contributed by atoms with van der Waals surface area (Å²) in [6.45, 7) is 0.600. The molecular formula is C15H14N4S. The first-order valence-electron chi connectivity index (χ1n) is 6.40. The summed E-state index contributed by atoms with van der Waals surface area (Å²) >= 11 is 1.48. The summed E-state index contributed by atoms with van der Waals surface area (Å²) < 4.78 is 0. The van der Waals surface area contributed by atoms with Crippen LogP contribution in [0.1, 0.15) is 5.56 Å². The Balaban J connectivity index is 2.05. The normalized spacial score (nSPS) is 10.8. The molecule has 0 bridgehead atoms. The monoisotopic (exact) mass is 282 g/mol. The van der Waals surface area contributed by atoms with Crippen molar-refractivity contribution < 1.29 is 0 Å². The third kappa shape index (κ3) is 2.79. The van der Waals surface area contributed by atoms with Crippen LogP contribution in [0.15, 0.2) is 59.0 Å². The number of para-hydroxylation sites is 1. The van der Waals surface area contributed by atoms with Gasteiger partial charge in [-0.1, -0.05) is 18.2 Å². The van der Waals surface area contributed by atoms with E-state index in [0.29, 0.717) is 11.7 Å². The molecule has 0 radical (unpaired) electrons. The number of rotatable bonds is 4. The molecule has 0 aliphatic heterocycles. The van der Waals surface area contributed by atoms with Crippen LogP contribution in [0.25, 0.3) is 10.9 Å². The minimum atomic E-state index is 0.600. The van der Waals surface area contributed by atoms with Gasteiger partial charge in [-0.2, -0.15) is 0 Å². The van der Waals surface area contributed by atoms with Gasteiger partial charge in [0.25, 0.3) is 0 Å². The molecule has 100 valence electrons. The summed E-state index contributed by atoms with van der Waals surface area (Å²) in [6.07, 6.45) is 4.27. The number of benzene rings is 1. The van der Waals surface area contributed by atoms with E-state index in [2.05, 4.69) is 22.1 Å². The number of nitrogens with zero attached hydrogens (tertiary/aromatic N) is 3. The smallest absolute Gasteiger partial charge is 0.193 e. The van der Waals surface area contributed by atoms with Crippen molar-refractivity contribution >= 4 is 22.7 Å². The molecule has 0 atom stereocenters. The van der Waals surface area contributed by atoms with Gasteiger partial charge in [0, 0.05) is 17.8 Å². The molecule has 2 aromatic heterocycles. The highest BCUT2D eigenvalue weighted by Crippen LogP contribution is 2.28. The van der Waals surface area contributed by atoms with E-state index in [1.54, 1.807) is 18.5 Å². The van der Waals surface area contributed by atoms with Gasteiger partial charge in [-0.3, -0.25) is 0 Å². The molecule has 0 aliphatic carbocycles. The van der Waals surface area contributed by atoms with Gasteiger partial charge in [0.05, 0.1) is 5.52 Å². The molecule has 0 spiro atoms. The van der Waals surface area contributed by atoms with Crippen LogP contribution < -0.4 is 5.73 Å². The van der Waals surface area contributed by atoms with Crippen molar-refractivity contribution in [3.8, 4) is 0 Å². The minimum absolute atomic E-state index is 0.600. The van der Waals surface area contributed by atoms with Crippen molar-refractivity contribution in [2.24, 2.45) is 5.73 Å². The number of hydrogen-bond donors (Lipinski definition) is 1. The number of hydrogen-bond acceptors (Lipinski definition) is 5. The van der Waals surface area contributed by atoms with Crippen molar-refractivity contribution in [1.29, 1.82) is 0 Å². The maximum atomic E-state index is 5.70. The third-order valence-electron chi connectivity index (χ3n) is 2.91. The lowest BCUT2D eigenvalue weighted by molar-refractivity contribution is 0.912. The zero-order chi connectivity index (χ0) is 13.8. The molecule has 20 heavy (non-hydrogen) atoms. The highest BCUT2D eigenvalue weighted by molar-refractivity contribution is 7.99. The summed E-state index contributed by atoms with van der Waals surface area (Å²) in [7, 11) is 0. The molecule has 2 N–H and O–H groups in total. The minimum Gasteiger partial charge on any atom is -0.330 e. The molecule has 0 saturated heterocycles. The van der Waals surface area contributed by atoms with E-state index < -0.39 is 0 Å². The van der Waals surface area contributed by atoms with E-state index in [1.807, 2.05) is 18.2 Å². The van der Waals surface area contributed by atoms with Gasteiger partial charge in [-0.15, -0.1) is 0 Å². The zero-order valence-electron chi connectivity index (χ0n) is 10.9. The van der Waals surface area contributed by atoms with Gasteiger partial charge in [-0.05, 0) is 48.5 Å². The summed E-state index contributed by atoms with van der Waals surface area (Å²) in [5.41, 5.74) is 7.82. The summed E-state index contributed by atoms with van der Waals surface area (Å²) in [5.74, 6) is 0. The fraction of sp³-hybridized carbons (Fsp3) is 0.133. The SMILES string of the molecule is NCCc1cc2ccccc2nc1Sc1ncccn1. The number of aromatic nitrogens is 3. The molecule has 3 rings (SSSR count). The average molecular weight is 282 g/mol. The van der Waals surface area contributed by atoms with Crippen LogP contribution >= 0.6 is 11.8 Å². The van der Waals surface area contributed by atoms with Gasteiger partial charge in [0.15, 0.2) is 5.16 Å². The van der Waals surface area contributed by atoms with Crippen molar-refractivity contribution in [3.05, 3.63) is 54.4 Å². The molecular weight excluding hydrogens is 268 g/mol. The molecule has 4 nitrogen and oxygen atoms in total. The molecule has 0 unspecified atom stereocenters. The lowest BCUT2D eigenvalue weighted by Gasteiger charge is -2.08. The molecule has 1 aromatic carbocycles. The first-order chi connectivity index (χ1) is 9.86. The Bertz CT molecular complexity index is 715. The highest BCUT2D eigenvalue weighted by Gasteiger charge is 2.09. The van der Waals surface area contributed by atoms with E-state index in [9.17, 15) is 0 Å². The maximum absolute atomic E-state index is 5.70. The van der Waals surface area contributed by atoms with Crippen LogP contribution in [-0.4, -0.2) is 21.5 Å². The second-order valence-corrected chi connectivity index (χ2v) is 5.27. The molecule has 3 aromatic rings. The van der Waals surface area contributed by atoms with Crippen molar-refractivity contribution in [2.75, 3.05) is 6.54 Å². The Morgan fingerprint density at radius 2 is 1.85 bits per heavy atom. The Kier molecular flexibility index (Phi) is 3.90. The predicted molar refractivity (Wildman–Crippen MR) is 80.7 cm³/mol. The highest BCUT2D eigenvalue weighted by atomic mass is 32.2. The van der Waals surface area contributed by atoms with E-state index in [4.69, 9.17) is 10.7 Å². The average Bonchev–Trinajstić information content (AvgIpc) is 2.49. The summed E-state index contributed by atoms with van der Waals surface area (Å²) in [6, 6.07) is 12.0. The molecule has 0 fully saturated rings. The Hall–Kier alpha value is -1.98. The molecule has 0 aliphatic rings. The zero-order valence-corrected chi connectivity index (χ0v) is 11.7. The van der Waals surface area contributed by atoms with Gasteiger partial charge >= 0.3 is 0 Å². The molecule has 2 heterocycles. The van der Waals surface area contributed by atoms with Gasteiger partial charge < -0.3 is 5.73 Å². The molecule has 0 saturated carbocycles. The van der Waals surface area contributed by atoms with Crippen molar-refractivity contribution in [2.45, 2.75) is 16.6 Å². The number of fused-ring (bicyclic) bond motifs is 1. The number of pyridine rings is 1. The first kappa shape index (κ1) is 13.0. The molecule has 5 heteroatoms. The van der Waals surface area contributed by atoms with Crippen LogP contribution in [0.2, 0.25) is 0 Å². The van der Waals surface area contributed by atoms with Crippen LogP contribution in [0.4, 0.5) is 0 Å². The maximum Gasteiger partial charge on any atom is 0.193 e. The topological polar surface area (TPSA) is 64.7 Å². The fourth-order valence-corrected chi connectivity index (χ4v) is 2.83. The first-order valence-corrected chi connectivity index (χ1v) is 7.22. The van der Waals surface area contributed by atoms with E-state index in [-0.39, 0.29) is 0 Å². The second-order valence-electron chi connectivity index (χ2n) is 4.32. The Morgan fingerprint density at radius 1 is 1.05 bits per heavy atom. The predicted octanol–water partition coefficient (Wildman–Crippen LogP) is 2.68. The van der Waals surface area contributed by atoms with Crippen LogP contribution in [0.5, 0.6) is 0 Å². The van der Waals surface area contributed by atoms with E-state index in [0.717, 1.165) is 27.9 Å². The summed E-state index contributed by atoms with van der Waals surface area (Å²) in [4.78, 5) is 13.2. The van der Waals surface area contributed by atoms with E-state index >= 15 is 0 Å². The largest absolute Gasteiger partial charge is 0.330 e. The van der Waals surface area contributed by atoms with E-state index in [1.165, 1.54) is 11.8 Å². The lowest BCUT2D eigenvalue weighted by Crippen LogP contribution is -2.05. The Labute approximate surface area is 121 Å². The standard InChI is InChI=1S/C15H14N4S/c16-7-6-12-10-11-4-1-2-5-13(11)19-14(12)20-15-17-8-3-9-18-15/h1-5,8-10H,6-7,16H2.